The Hall–Kier alpha value is -2.12. The van der Waals surface area contributed by atoms with Crippen LogP contribution in [0.4, 0.5) is 19.0 Å². The predicted octanol–water partition coefficient (Wildman–Crippen LogP) is 2.06. The molecule has 19 heavy (non-hydrogen) atoms. The molecule has 0 aromatic carbocycles. The van der Waals surface area contributed by atoms with Crippen molar-refractivity contribution >= 4 is 5.82 Å². The van der Waals surface area contributed by atoms with E-state index in [0.717, 1.165) is 10.7 Å². The van der Waals surface area contributed by atoms with Crippen LogP contribution in [-0.2, 0) is 6.18 Å². The zero-order valence-electron chi connectivity index (χ0n) is 10.6. The molecule has 0 saturated heterocycles. The van der Waals surface area contributed by atoms with Gasteiger partial charge in [-0.1, -0.05) is 0 Å². The monoisotopic (exact) mass is 271 g/mol. The van der Waals surface area contributed by atoms with Crippen LogP contribution >= 0.6 is 0 Å². The molecule has 0 fully saturated rings. The van der Waals surface area contributed by atoms with Crippen molar-refractivity contribution in [1.29, 1.82) is 0 Å². The van der Waals surface area contributed by atoms with E-state index in [1.807, 2.05) is 0 Å². The lowest BCUT2D eigenvalue weighted by molar-refractivity contribution is -0.142. The molecule has 2 rings (SSSR count). The van der Waals surface area contributed by atoms with Gasteiger partial charge in [-0.25, -0.2) is 14.6 Å². The third-order valence-corrected chi connectivity index (χ3v) is 2.44. The van der Waals surface area contributed by atoms with Crippen LogP contribution in [0.5, 0.6) is 0 Å². The third kappa shape index (κ3) is 2.67. The summed E-state index contributed by atoms with van der Waals surface area (Å²) in [6.07, 6.45) is -3.27. The van der Waals surface area contributed by atoms with Crippen molar-refractivity contribution in [1.82, 2.24) is 19.7 Å². The van der Waals surface area contributed by atoms with Crippen molar-refractivity contribution in [3.63, 3.8) is 0 Å². The minimum Gasteiger partial charge on any atom is -0.363 e. The van der Waals surface area contributed by atoms with E-state index < -0.39 is 11.9 Å². The lowest BCUT2D eigenvalue weighted by Gasteiger charge is -2.13. The molecule has 0 saturated carbocycles. The second kappa shape index (κ2) is 4.52. The van der Waals surface area contributed by atoms with E-state index >= 15 is 0 Å². The summed E-state index contributed by atoms with van der Waals surface area (Å²) in [6, 6.07) is 2.43. The van der Waals surface area contributed by atoms with Crippen LogP contribution in [0, 0.1) is 6.92 Å². The maximum Gasteiger partial charge on any atom is 0.433 e. The van der Waals surface area contributed by atoms with E-state index in [4.69, 9.17) is 0 Å². The molecule has 0 bridgehead atoms. The second-order valence-corrected chi connectivity index (χ2v) is 4.21. The van der Waals surface area contributed by atoms with Gasteiger partial charge in [-0.3, -0.25) is 0 Å². The van der Waals surface area contributed by atoms with Crippen LogP contribution in [0.15, 0.2) is 18.5 Å². The third-order valence-electron chi connectivity index (χ3n) is 2.44. The Morgan fingerprint density at radius 3 is 2.42 bits per heavy atom. The molecule has 0 N–H and O–H groups in total. The van der Waals surface area contributed by atoms with Gasteiger partial charge in [0.2, 0.25) is 0 Å². The van der Waals surface area contributed by atoms with Gasteiger partial charge in [-0.15, -0.1) is 0 Å². The van der Waals surface area contributed by atoms with Crippen molar-refractivity contribution < 1.29 is 13.2 Å². The summed E-state index contributed by atoms with van der Waals surface area (Å²) in [5, 5.41) is 3.84. The van der Waals surface area contributed by atoms with Crippen molar-refractivity contribution in [2.24, 2.45) is 0 Å². The zero-order chi connectivity index (χ0) is 14.2. The van der Waals surface area contributed by atoms with Gasteiger partial charge in [0, 0.05) is 20.2 Å². The molecule has 0 amide bonds. The molecule has 0 atom stereocenters. The lowest BCUT2D eigenvalue weighted by Crippen LogP contribution is -2.16. The Kier molecular flexibility index (Phi) is 3.17. The van der Waals surface area contributed by atoms with E-state index in [1.165, 1.54) is 19.3 Å². The molecule has 0 aliphatic carbocycles. The van der Waals surface area contributed by atoms with Crippen molar-refractivity contribution in [3.05, 3.63) is 29.8 Å². The summed E-state index contributed by atoms with van der Waals surface area (Å²) in [7, 11) is 3.48. The summed E-state index contributed by atoms with van der Waals surface area (Å²) in [6.45, 7) is 1.50. The Balaban J connectivity index is 2.56. The van der Waals surface area contributed by atoms with Crippen LogP contribution in [-0.4, -0.2) is 33.8 Å². The molecule has 2 aromatic heterocycles. The molecule has 0 spiro atoms. The van der Waals surface area contributed by atoms with E-state index in [1.54, 1.807) is 19.0 Å². The minimum atomic E-state index is -4.48. The Morgan fingerprint density at radius 2 is 1.84 bits per heavy atom. The van der Waals surface area contributed by atoms with Crippen molar-refractivity contribution in [3.8, 4) is 5.82 Å². The fourth-order valence-electron chi connectivity index (χ4n) is 1.57. The van der Waals surface area contributed by atoms with Gasteiger partial charge in [0.25, 0.3) is 0 Å². The Bertz CT molecular complexity index is 588. The number of anilines is 1. The van der Waals surface area contributed by atoms with Gasteiger partial charge in [0.05, 0.1) is 5.69 Å². The summed E-state index contributed by atoms with van der Waals surface area (Å²) >= 11 is 0. The molecular formula is C11H12F3N5. The first kappa shape index (κ1) is 13.3. The highest BCUT2D eigenvalue weighted by Gasteiger charge is 2.36. The van der Waals surface area contributed by atoms with Gasteiger partial charge >= 0.3 is 6.18 Å². The predicted molar refractivity (Wildman–Crippen MR) is 63.2 cm³/mol. The summed E-state index contributed by atoms with van der Waals surface area (Å²) in [5.41, 5.74) is -0.578. The SMILES string of the molecule is Cc1cc(C(F)(F)F)n(-c2cc(N(C)C)ncn2)n1. The quantitative estimate of drug-likeness (QED) is 0.838. The molecule has 0 radical (unpaired) electrons. The number of nitrogens with zero attached hydrogens (tertiary/aromatic N) is 5. The highest BCUT2D eigenvalue weighted by Crippen LogP contribution is 2.31. The maximum absolute atomic E-state index is 12.9. The van der Waals surface area contributed by atoms with Crippen molar-refractivity contribution in [2.45, 2.75) is 13.1 Å². The summed E-state index contributed by atoms with van der Waals surface area (Å²) < 4.78 is 39.5. The topological polar surface area (TPSA) is 46.8 Å². The molecule has 8 heteroatoms. The molecule has 2 heterocycles. The van der Waals surface area contributed by atoms with E-state index in [0.29, 0.717) is 5.82 Å². The second-order valence-electron chi connectivity index (χ2n) is 4.21. The van der Waals surface area contributed by atoms with Crippen LogP contribution in [0.2, 0.25) is 0 Å². The van der Waals surface area contributed by atoms with Gasteiger partial charge in [0.15, 0.2) is 5.82 Å². The standard InChI is InChI=1S/C11H12F3N5/c1-7-4-8(11(12,13)14)19(17-7)10-5-9(18(2)3)15-6-16-10/h4-6H,1-3H3. The van der Waals surface area contributed by atoms with Gasteiger partial charge < -0.3 is 4.90 Å². The number of hydrogen-bond acceptors (Lipinski definition) is 4. The highest BCUT2D eigenvalue weighted by atomic mass is 19.4. The van der Waals surface area contributed by atoms with Crippen LogP contribution in [0.3, 0.4) is 0 Å². The molecular weight excluding hydrogens is 259 g/mol. The van der Waals surface area contributed by atoms with Crippen molar-refractivity contribution in [2.75, 3.05) is 19.0 Å². The van der Waals surface area contributed by atoms with Crippen LogP contribution < -0.4 is 4.90 Å². The average molecular weight is 271 g/mol. The number of aromatic nitrogens is 4. The molecule has 102 valence electrons. The fraction of sp³-hybridized carbons (Fsp3) is 0.364. The van der Waals surface area contributed by atoms with Gasteiger partial charge in [-0.05, 0) is 13.0 Å². The largest absolute Gasteiger partial charge is 0.433 e. The zero-order valence-corrected chi connectivity index (χ0v) is 10.6. The molecule has 2 aromatic rings. The first-order chi connectivity index (χ1) is 8.79. The maximum atomic E-state index is 12.9. The first-order valence-corrected chi connectivity index (χ1v) is 5.42. The van der Waals surface area contributed by atoms with E-state index in [9.17, 15) is 13.2 Å². The number of hydrogen-bond donors (Lipinski definition) is 0. The molecule has 0 aliphatic heterocycles. The van der Waals surface area contributed by atoms with Crippen LogP contribution in [0.25, 0.3) is 5.82 Å². The number of rotatable bonds is 2. The van der Waals surface area contributed by atoms with E-state index in [2.05, 4.69) is 15.1 Å². The summed E-state index contributed by atoms with van der Waals surface area (Å²) in [5.74, 6) is 0.588. The average Bonchev–Trinajstić information content (AvgIpc) is 2.71. The molecule has 5 nitrogen and oxygen atoms in total. The van der Waals surface area contributed by atoms with E-state index in [-0.39, 0.29) is 11.5 Å². The highest BCUT2D eigenvalue weighted by molar-refractivity contribution is 5.42. The minimum absolute atomic E-state index is 0.0825. The number of aryl methyl sites for hydroxylation is 1. The lowest BCUT2D eigenvalue weighted by atomic mass is 10.3. The first-order valence-electron chi connectivity index (χ1n) is 5.42. The number of alkyl halides is 3. The normalized spacial score (nSPS) is 11.7. The van der Waals surface area contributed by atoms with Crippen LogP contribution in [0.1, 0.15) is 11.4 Å². The molecule has 0 unspecified atom stereocenters. The van der Waals surface area contributed by atoms with Gasteiger partial charge in [0.1, 0.15) is 17.8 Å². The Morgan fingerprint density at radius 1 is 1.16 bits per heavy atom. The smallest absolute Gasteiger partial charge is 0.363 e. The molecule has 0 aliphatic rings. The summed E-state index contributed by atoms with van der Waals surface area (Å²) in [4.78, 5) is 9.47. The fourth-order valence-corrected chi connectivity index (χ4v) is 1.57. The van der Waals surface area contributed by atoms with Gasteiger partial charge in [-0.2, -0.15) is 18.3 Å². The number of halogens is 3. The Labute approximate surface area is 107 Å².